The smallest absolute Gasteiger partial charge is 0.261 e. The molecule has 0 radical (unpaired) electrons. The van der Waals surface area contributed by atoms with Crippen molar-refractivity contribution in [1.82, 2.24) is 9.97 Å². The van der Waals surface area contributed by atoms with Crippen LogP contribution in [0.25, 0.3) is 11.1 Å². The largest absolute Gasteiger partial charge is 0.475 e. The molecular weight excluding hydrogens is 346 g/mol. The molecule has 0 fully saturated rings. The van der Waals surface area contributed by atoms with Crippen LogP contribution < -0.4 is 10.1 Å². The Labute approximate surface area is 157 Å². The van der Waals surface area contributed by atoms with Crippen molar-refractivity contribution in [3.63, 3.8) is 0 Å². The first kappa shape index (κ1) is 18.8. The summed E-state index contributed by atoms with van der Waals surface area (Å²) in [7, 11) is 1.58. The van der Waals surface area contributed by atoms with Gasteiger partial charge >= 0.3 is 0 Å². The van der Waals surface area contributed by atoms with Crippen LogP contribution in [0.4, 0.5) is 5.69 Å². The fraction of sp³-hybridized carbons (Fsp3) is 0.350. The van der Waals surface area contributed by atoms with Crippen molar-refractivity contribution in [2.75, 3.05) is 25.6 Å². The first-order valence-electron chi connectivity index (χ1n) is 8.67. The molecule has 0 aliphatic carbocycles. The van der Waals surface area contributed by atoms with Crippen molar-refractivity contribution in [2.45, 2.75) is 26.2 Å². The SMILES string of the molecule is COCCOc1ncccc1C(=O)Nc1ccc2oc(C(C)(C)C)nc2c1. The van der Waals surface area contributed by atoms with Crippen LogP contribution in [0.5, 0.6) is 5.88 Å². The lowest BCUT2D eigenvalue weighted by Crippen LogP contribution is -2.15. The fourth-order valence-corrected chi connectivity index (χ4v) is 2.42. The molecule has 0 spiro atoms. The van der Waals surface area contributed by atoms with E-state index in [9.17, 15) is 4.79 Å². The van der Waals surface area contributed by atoms with E-state index in [1.165, 1.54) is 0 Å². The van der Waals surface area contributed by atoms with Gasteiger partial charge in [0.2, 0.25) is 11.8 Å². The zero-order valence-electron chi connectivity index (χ0n) is 15.9. The lowest BCUT2D eigenvalue weighted by atomic mass is 9.97. The van der Waals surface area contributed by atoms with Crippen molar-refractivity contribution in [2.24, 2.45) is 0 Å². The highest BCUT2D eigenvalue weighted by Gasteiger charge is 2.21. The second-order valence-electron chi connectivity index (χ2n) is 7.10. The van der Waals surface area contributed by atoms with Crippen LogP contribution in [-0.2, 0) is 10.2 Å². The van der Waals surface area contributed by atoms with E-state index in [0.717, 1.165) is 0 Å². The molecule has 27 heavy (non-hydrogen) atoms. The summed E-state index contributed by atoms with van der Waals surface area (Å²) < 4.78 is 16.3. The van der Waals surface area contributed by atoms with Crippen molar-refractivity contribution in [1.29, 1.82) is 0 Å². The summed E-state index contributed by atoms with van der Waals surface area (Å²) in [6.07, 6.45) is 1.58. The number of amides is 1. The molecule has 3 rings (SSSR count). The number of rotatable bonds is 6. The van der Waals surface area contributed by atoms with Gasteiger partial charge in [-0.2, -0.15) is 0 Å². The van der Waals surface area contributed by atoms with Gasteiger partial charge in [0.05, 0.1) is 6.61 Å². The first-order chi connectivity index (χ1) is 12.9. The molecule has 0 atom stereocenters. The summed E-state index contributed by atoms with van der Waals surface area (Å²) in [4.78, 5) is 21.3. The van der Waals surface area contributed by atoms with E-state index in [2.05, 4.69) is 15.3 Å². The number of anilines is 1. The van der Waals surface area contributed by atoms with E-state index in [4.69, 9.17) is 13.9 Å². The molecule has 0 aliphatic rings. The maximum atomic E-state index is 12.7. The van der Waals surface area contributed by atoms with Gasteiger partial charge in [0.15, 0.2) is 5.58 Å². The van der Waals surface area contributed by atoms with Gasteiger partial charge in [0.1, 0.15) is 17.7 Å². The maximum Gasteiger partial charge on any atom is 0.261 e. The number of carbonyl (C=O) groups is 1. The standard InChI is InChI=1S/C20H23N3O4/c1-20(2,3)19-23-15-12-13(7-8-16(15)27-19)22-17(24)14-6-5-9-21-18(14)26-11-10-25-4/h5-9,12H,10-11H2,1-4H3,(H,22,24). The Kier molecular flexibility index (Phi) is 5.41. The molecule has 0 saturated heterocycles. The summed E-state index contributed by atoms with van der Waals surface area (Å²) >= 11 is 0. The minimum Gasteiger partial charge on any atom is -0.475 e. The third kappa shape index (κ3) is 4.43. The molecule has 2 aromatic heterocycles. The van der Waals surface area contributed by atoms with Gasteiger partial charge in [0.25, 0.3) is 5.91 Å². The number of fused-ring (bicyclic) bond motifs is 1. The second-order valence-corrected chi connectivity index (χ2v) is 7.10. The summed E-state index contributed by atoms with van der Waals surface area (Å²) in [6, 6.07) is 8.71. The number of methoxy groups -OCH3 is 1. The van der Waals surface area contributed by atoms with Gasteiger partial charge in [-0.15, -0.1) is 0 Å². The predicted octanol–water partition coefficient (Wildman–Crippen LogP) is 3.80. The highest BCUT2D eigenvalue weighted by molar-refractivity contribution is 6.06. The zero-order chi connectivity index (χ0) is 19.4. The van der Waals surface area contributed by atoms with Crippen LogP contribution in [0.3, 0.4) is 0 Å². The molecule has 2 heterocycles. The molecule has 0 aliphatic heterocycles. The third-order valence-corrected chi connectivity index (χ3v) is 3.83. The van der Waals surface area contributed by atoms with Crippen LogP contribution in [0.2, 0.25) is 0 Å². The summed E-state index contributed by atoms with van der Waals surface area (Å²) in [5.74, 6) is 0.612. The van der Waals surface area contributed by atoms with Gasteiger partial charge in [0, 0.05) is 24.4 Å². The number of aromatic nitrogens is 2. The highest BCUT2D eigenvalue weighted by atomic mass is 16.5. The molecule has 7 nitrogen and oxygen atoms in total. The van der Waals surface area contributed by atoms with Gasteiger partial charge in [-0.1, -0.05) is 20.8 Å². The van der Waals surface area contributed by atoms with Crippen LogP contribution in [0.15, 0.2) is 40.9 Å². The van der Waals surface area contributed by atoms with E-state index in [1.807, 2.05) is 20.8 Å². The van der Waals surface area contributed by atoms with E-state index < -0.39 is 0 Å². The lowest BCUT2D eigenvalue weighted by Gasteiger charge is -2.11. The molecule has 0 bridgehead atoms. The molecule has 1 N–H and O–H groups in total. The number of carbonyl (C=O) groups excluding carboxylic acids is 1. The molecular formula is C20H23N3O4. The lowest BCUT2D eigenvalue weighted by molar-refractivity contribution is 0.101. The summed E-state index contributed by atoms with van der Waals surface area (Å²) in [5.41, 5.74) is 2.16. The maximum absolute atomic E-state index is 12.7. The van der Waals surface area contributed by atoms with Crippen LogP contribution in [0, 0.1) is 0 Å². The highest BCUT2D eigenvalue weighted by Crippen LogP contribution is 2.27. The number of hydrogen-bond donors (Lipinski definition) is 1. The number of benzene rings is 1. The van der Waals surface area contributed by atoms with Crippen molar-refractivity contribution in [3.8, 4) is 5.88 Å². The fourth-order valence-electron chi connectivity index (χ4n) is 2.42. The molecule has 0 saturated carbocycles. The van der Waals surface area contributed by atoms with Gasteiger partial charge in [-0.3, -0.25) is 4.79 Å². The zero-order valence-corrected chi connectivity index (χ0v) is 15.9. The monoisotopic (exact) mass is 369 g/mol. The second kappa shape index (κ2) is 7.75. The van der Waals surface area contributed by atoms with Gasteiger partial charge in [-0.05, 0) is 30.3 Å². The van der Waals surface area contributed by atoms with Crippen molar-refractivity contribution in [3.05, 3.63) is 48.0 Å². The average Bonchev–Trinajstić information content (AvgIpc) is 3.06. The summed E-state index contributed by atoms with van der Waals surface area (Å²) in [6.45, 7) is 6.83. The Balaban J connectivity index is 1.80. The van der Waals surface area contributed by atoms with Crippen molar-refractivity contribution < 1.29 is 18.7 Å². The topological polar surface area (TPSA) is 86.5 Å². The molecule has 1 amide bonds. The van der Waals surface area contributed by atoms with Gasteiger partial charge in [-0.25, -0.2) is 9.97 Å². The number of nitrogens with zero attached hydrogens (tertiary/aromatic N) is 2. The molecule has 7 heteroatoms. The normalized spacial score (nSPS) is 11.6. The molecule has 1 aromatic carbocycles. The first-order valence-corrected chi connectivity index (χ1v) is 8.67. The Morgan fingerprint density at radius 1 is 1.22 bits per heavy atom. The van der Waals surface area contributed by atoms with Crippen LogP contribution in [0.1, 0.15) is 37.0 Å². The van der Waals surface area contributed by atoms with Crippen LogP contribution in [-0.4, -0.2) is 36.2 Å². The average molecular weight is 369 g/mol. The van der Waals surface area contributed by atoms with E-state index in [-0.39, 0.29) is 17.2 Å². The number of ether oxygens (including phenoxy) is 2. The Hall–Kier alpha value is -2.93. The Bertz CT molecular complexity index is 944. The number of nitrogens with one attached hydrogen (secondary N) is 1. The number of pyridine rings is 1. The van der Waals surface area contributed by atoms with Crippen molar-refractivity contribution >= 4 is 22.7 Å². The third-order valence-electron chi connectivity index (χ3n) is 3.83. The minimum absolute atomic E-state index is 0.188. The molecule has 0 unspecified atom stereocenters. The van der Waals surface area contributed by atoms with E-state index in [0.29, 0.717) is 41.5 Å². The van der Waals surface area contributed by atoms with E-state index in [1.54, 1.807) is 43.6 Å². The quantitative estimate of drug-likeness (QED) is 0.665. The Morgan fingerprint density at radius 2 is 2.04 bits per heavy atom. The number of oxazole rings is 1. The van der Waals surface area contributed by atoms with Gasteiger partial charge < -0.3 is 19.2 Å². The number of hydrogen-bond acceptors (Lipinski definition) is 6. The van der Waals surface area contributed by atoms with Crippen LogP contribution >= 0.6 is 0 Å². The minimum atomic E-state index is -0.311. The van der Waals surface area contributed by atoms with E-state index >= 15 is 0 Å². The molecule has 142 valence electrons. The Morgan fingerprint density at radius 3 is 2.78 bits per heavy atom. The predicted molar refractivity (Wildman–Crippen MR) is 102 cm³/mol. The summed E-state index contributed by atoms with van der Waals surface area (Å²) in [5, 5.41) is 2.86. The molecule has 3 aromatic rings.